The van der Waals surface area contributed by atoms with Crippen molar-refractivity contribution in [1.29, 1.82) is 0 Å². The van der Waals surface area contributed by atoms with Crippen LogP contribution in [-0.4, -0.2) is 7.28 Å². The molecule has 0 fully saturated rings. The molecule has 0 aromatic heterocycles. The smallest absolute Gasteiger partial charge is 0.124 e. The van der Waals surface area contributed by atoms with Crippen molar-refractivity contribution in [3.05, 3.63) is 12.1 Å². The van der Waals surface area contributed by atoms with E-state index in [4.69, 9.17) is 0 Å². The minimum Gasteiger partial charge on any atom is -0.124 e. The average Bonchev–Trinajstić information content (AvgIpc) is 1.41. The van der Waals surface area contributed by atoms with Crippen LogP contribution in [0.2, 0.25) is 6.82 Å². The van der Waals surface area contributed by atoms with Gasteiger partial charge in [-0.2, -0.15) is 0 Å². The molecule has 0 spiro atoms. The van der Waals surface area contributed by atoms with Gasteiger partial charge in [0.15, 0.2) is 0 Å². The van der Waals surface area contributed by atoms with E-state index in [1.807, 2.05) is 6.92 Å². The molecular formula is C4H9B. The molecule has 0 aliphatic carbocycles. The molecule has 0 N–H and O–H groups in total. The molecule has 0 aliphatic heterocycles. The van der Waals surface area contributed by atoms with Crippen LogP contribution in [0.25, 0.3) is 0 Å². The fourth-order valence-electron chi connectivity index (χ4n) is 0.236. The van der Waals surface area contributed by atoms with Gasteiger partial charge in [0, 0.05) is 0 Å². The molecule has 0 rings (SSSR count). The Kier molecular flexibility index (Phi) is 3.66. The molecule has 0 aromatic carbocycles. The molecular weight excluding hydrogens is 58.9 g/mol. The molecule has 0 saturated carbocycles. The van der Waals surface area contributed by atoms with E-state index in [0.717, 1.165) is 7.28 Å². The zero-order valence-corrected chi connectivity index (χ0v) is 3.86. The van der Waals surface area contributed by atoms with Crippen molar-refractivity contribution in [2.24, 2.45) is 0 Å². The van der Waals surface area contributed by atoms with E-state index in [-0.39, 0.29) is 0 Å². The Labute approximate surface area is 34.1 Å². The number of hydrogen-bond acceptors (Lipinski definition) is 0. The summed E-state index contributed by atoms with van der Waals surface area (Å²) in [5.74, 6) is 2.12. The van der Waals surface area contributed by atoms with E-state index in [9.17, 15) is 0 Å². The first-order valence-electron chi connectivity index (χ1n) is 2.03. The van der Waals surface area contributed by atoms with Crippen LogP contribution >= 0.6 is 0 Å². The van der Waals surface area contributed by atoms with Crippen LogP contribution in [0.15, 0.2) is 12.1 Å². The van der Waals surface area contributed by atoms with Gasteiger partial charge in [-0.3, -0.25) is 0 Å². The summed E-state index contributed by atoms with van der Waals surface area (Å²) in [4.78, 5) is 0. The monoisotopic (exact) mass is 68.1 g/mol. The molecule has 0 nitrogen and oxygen atoms in total. The Hall–Kier alpha value is -0.195. The van der Waals surface area contributed by atoms with Crippen LogP contribution < -0.4 is 0 Å². The Morgan fingerprint density at radius 1 is 1.60 bits per heavy atom. The van der Waals surface area contributed by atoms with Crippen LogP contribution in [0, 0.1) is 0 Å². The van der Waals surface area contributed by atoms with Crippen LogP contribution in [-0.2, 0) is 0 Å². The molecule has 0 amide bonds. The fourth-order valence-corrected chi connectivity index (χ4v) is 0.236. The molecule has 0 heterocycles. The van der Waals surface area contributed by atoms with Gasteiger partial charge in [0.05, 0.1) is 0 Å². The van der Waals surface area contributed by atoms with E-state index < -0.39 is 0 Å². The Bertz CT molecular complexity index is 30.6. The summed E-state index contributed by atoms with van der Waals surface area (Å²) < 4.78 is 0. The predicted octanol–water partition coefficient (Wildman–Crippen LogP) is 1.00. The van der Waals surface area contributed by atoms with E-state index in [1.54, 1.807) is 0 Å². The lowest BCUT2D eigenvalue weighted by Crippen LogP contribution is -1.64. The topological polar surface area (TPSA) is 0 Å². The first-order valence-corrected chi connectivity index (χ1v) is 2.03. The Morgan fingerprint density at radius 3 is 2.20 bits per heavy atom. The first kappa shape index (κ1) is 4.80. The zero-order chi connectivity index (χ0) is 4.12. The van der Waals surface area contributed by atoms with Gasteiger partial charge in [0.1, 0.15) is 7.28 Å². The van der Waals surface area contributed by atoms with Crippen molar-refractivity contribution < 1.29 is 0 Å². The molecule has 0 saturated heterocycles. The minimum absolute atomic E-state index is 1.16. The van der Waals surface area contributed by atoms with E-state index in [0.29, 0.717) is 0 Å². The Balaban J connectivity index is 2.62. The number of rotatable bonds is 1. The number of hydrogen-bond donors (Lipinski definition) is 0. The van der Waals surface area contributed by atoms with E-state index >= 15 is 0 Å². The lowest BCUT2D eigenvalue weighted by atomic mass is 9.83. The maximum Gasteiger partial charge on any atom is 0.144 e. The highest BCUT2D eigenvalue weighted by Gasteiger charge is 1.57. The summed E-state index contributed by atoms with van der Waals surface area (Å²) in [6.45, 7) is 4.16. The largest absolute Gasteiger partial charge is 0.144 e. The first-order chi connectivity index (χ1) is 2.41. The quantitative estimate of drug-likeness (QED) is 0.402. The van der Waals surface area contributed by atoms with E-state index in [1.165, 1.54) is 0 Å². The highest BCUT2D eigenvalue weighted by Crippen LogP contribution is 1.60. The fraction of sp³-hybridized carbons (Fsp3) is 0.500. The van der Waals surface area contributed by atoms with Crippen molar-refractivity contribution in [3.8, 4) is 0 Å². The van der Waals surface area contributed by atoms with Crippen LogP contribution in [0.3, 0.4) is 0 Å². The second-order valence-corrected chi connectivity index (χ2v) is 0.977. The summed E-state index contributed by atoms with van der Waals surface area (Å²) in [6, 6.07) is 0. The molecule has 0 bridgehead atoms. The Morgan fingerprint density at radius 2 is 2.20 bits per heavy atom. The molecule has 0 aliphatic rings. The second kappa shape index (κ2) is 3.80. The average molecular weight is 67.9 g/mol. The van der Waals surface area contributed by atoms with Crippen LogP contribution in [0.1, 0.15) is 6.92 Å². The lowest BCUT2D eigenvalue weighted by Gasteiger charge is -1.61. The summed E-state index contributed by atoms with van der Waals surface area (Å²) in [5, 5.41) is 0. The zero-order valence-electron chi connectivity index (χ0n) is 3.86. The summed E-state index contributed by atoms with van der Waals surface area (Å²) >= 11 is 0. The van der Waals surface area contributed by atoms with Gasteiger partial charge in [0.2, 0.25) is 0 Å². The normalized spacial score (nSPS) is 9.20. The van der Waals surface area contributed by atoms with Gasteiger partial charge < -0.3 is 0 Å². The SMILES string of the molecule is CBC=CC. The van der Waals surface area contributed by atoms with Crippen LogP contribution in [0.4, 0.5) is 0 Å². The summed E-state index contributed by atoms with van der Waals surface area (Å²) in [6.07, 6.45) is 2.06. The van der Waals surface area contributed by atoms with Crippen molar-refractivity contribution in [2.75, 3.05) is 0 Å². The number of allylic oxidation sites excluding steroid dienone is 1. The van der Waals surface area contributed by atoms with Gasteiger partial charge in [-0.1, -0.05) is 6.82 Å². The van der Waals surface area contributed by atoms with Gasteiger partial charge in [-0.25, -0.2) is 0 Å². The van der Waals surface area contributed by atoms with Gasteiger partial charge in [0.25, 0.3) is 0 Å². The van der Waals surface area contributed by atoms with Crippen molar-refractivity contribution in [2.45, 2.75) is 13.7 Å². The highest BCUT2D eigenvalue weighted by atomic mass is 13.4. The van der Waals surface area contributed by atoms with Gasteiger partial charge in [-0.05, 0) is 6.92 Å². The second-order valence-electron chi connectivity index (χ2n) is 0.977. The predicted molar refractivity (Wildman–Crippen MR) is 27.8 cm³/mol. The van der Waals surface area contributed by atoms with Crippen molar-refractivity contribution in [3.63, 3.8) is 0 Å². The standard InChI is InChI=1S/C4H9B/c1-3-4-5-2/h3-5H,1-2H3. The molecule has 5 heavy (non-hydrogen) atoms. The lowest BCUT2D eigenvalue weighted by molar-refractivity contribution is 1.78. The maximum absolute atomic E-state index is 2.12. The molecule has 0 atom stereocenters. The third-order valence-electron chi connectivity index (χ3n) is 0.471. The minimum atomic E-state index is 1.16. The molecule has 0 aromatic rings. The third-order valence-corrected chi connectivity index (χ3v) is 0.471. The van der Waals surface area contributed by atoms with Crippen molar-refractivity contribution >= 4 is 7.28 Å². The molecule has 28 valence electrons. The van der Waals surface area contributed by atoms with Crippen molar-refractivity contribution in [1.82, 2.24) is 0 Å². The summed E-state index contributed by atoms with van der Waals surface area (Å²) in [7, 11) is 1.16. The molecule has 0 unspecified atom stereocenters. The molecule has 0 radical (unpaired) electrons. The van der Waals surface area contributed by atoms with Gasteiger partial charge >= 0.3 is 0 Å². The maximum atomic E-state index is 2.12. The third kappa shape index (κ3) is 3.80. The molecule has 1 heteroatoms. The highest BCUT2D eigenvalue weighted by molar-refractivity contribution is 6.40. The van der Waals surface area contributed by atoms with Gasteiger partial charge in [-0.15, -0.1) is 12.1 Å². The van der Waals surface area contributed by atoms with E-state index in [2.05, 4.69) is 18.9 Å². The van der Waals surface area contributed by atoms with Crippen LogP contribution in [0.5, 0.6) is 0 Å². The summed E-state index contributed by atoms with van der Waals surface area (Å²) in [5.41, 5.74) is 0.